The normalized spacial score (nSPS) is 11.3. The van der Waals surface area contributed by atoms with Gasteiger partial charge in [-0.2, -0.15) is 0 Å². The molecule has 0 aliphatic heterocycles. The van der Waals surface area contributed by atoms with Crippen molar-refractivity contribution >= 4 is 21.2 Å². The first-order chi connectivity index (χ1) is 8.89. The first kappa shape index (κ1) is 15.6. The third kappa shape index (κ3) is 4.59. The Bertz CT molecular complexity index is 532. The highest BCUT2D eigenvalue weighted by molar-refractivity contribution is 7.91. The number of anilines is 2. The molecule has 0 radical (unpaired) electrons. The van der Waals surface area contributed by atoms with Crippen molar-refractivity contribution in [3.05, 3.63) is 17.9 Å². The summed E-state index contributed by atoms with van der Waals surface area (Å²) in [5, 5.41) is 2.88. The Kier molecular flexibility index (Phi) is 5.41. The monoisotopic (exact) mass is 290 g/mol. The van der Waals surface area contributed by atoms with Crippen molar-refractivity contribution in [2.45, 2.75) is 13.8 Å². The number of ether oxygens (including phenoxy) is 1. The van der Waals surface area contributed by atoms with Crippen molar-refractivity contribution in [1.82, 2.24) is 0 Å². The molecule has 5 nitrogen and oxygen atoms in total. The second-order valence-electron chi connectivity index (χ2n) is 3.97. The van der Waals surface area contributed by atoms with E-state index in [9.17, 15) is 12.8 Å². The number of nitrogen functional groups attached to an aromatic ring is 1. The van der Waals surface area contributed by atoms with Gasteiger partial charge in [-0.25, -0.2) is 12.8 Å². The highest BCUT2D eigenvalue weighted by Gasteiger charge is 2.10. The van der Waals surface area contributed by atoms with E-state index in [2.05, 4.69) is 5.32 Å². The van der Waals surface area contributed by atoms with Gasteiger partial charge < -0.3 is 15.8 Å². The van der Waals surface area contributed by atoms with Gasteiger partial charge in [-0.3, -0.25) is 0 Å². The van der Waals surface area contributed by atoms with Gasteiger partial charge in [0.2, 0.25) is 0 Å². The first-order valence-corrected chi connectivity index (χ1v) is 7.87. The van der Waals surface area contributed by atoms with Crippen LogP contribution >= 0.6 is 0 Å². The number of nitrogens with two attached hydrogens (primary N) is 1. The van der Waals surface area contributed by atoms with Crippen molar-refractivity contribution in [1.29, 1.82) is 0 Å². The highest BCUT2D eigenvalue weighted by atomic mass is 32.2. The van der Waals surface area contributed by atoms with E-state index in [1.807, 2.05) is 0 Å². The maximum absolute atomic E-state index is 13.5. The minimum atomic E-state index is -3.04. The molecule has 0 amide bonds. The van der Waals surface area contributed by atoms with Crippen LogP contribution in [-0.2, 0) is 9.84 Å². The van der Waals surface area contributed by atoms with E-state index < -0.39 is 15.7 Å². The topological polar surface area (TPSA) is 81.4 Å². The molecule has 0 aromatic heterocycles. The Morgan fingerprint density at radius 1 is 1.37 bits per heavy atom. The van der Waals surface area contributed by atoms with Gasteiger partial charge in [-0.15, -0.1) is 0 Å². The third-order valence-corrected chi connectivity index (χ3v) is 4.28. The summed E-state index contributed by atoms with van der Waals surface area (Å²) in [6.07, 6.45) is 0. The van der Waals surface area contributed by atoms with E-state index in [0.717, 1.165) is 6.07 Å². The Hall–Kier alpha value is -1.50. The molecule has 0 fully saturated rings. The molecule has 0 aliphatic rings. The third-order valence-electron chi connectivity index (χ3n) is 2.57. The largest absolute Gasteiger partial charge is 0.491 e. The van der Waals surface area contributed by atoms with E-state index in [-0.39, 0.29) is 29.5 Å². The smallest absolute Gasteiger partial charge is 0.167 e. The molecule has 0 atom stereocenters. The van der Waals surface area contributed by atoms with Crippen LogP contribution < -0.4 is 15.8 Å². The predicted octanol–water partition coefficient (Wildman–Crippen LogP) is 1.65. The average Bonchev–Trinajstić information content (AvgIpc) is 2.35. The Morgan fingerprint density at radius 2 is 2.05 bits per heavy atom. The van der Waals surface area contributed by atoms with Gasteiger partial charge in [0.25, 0.3) is 0 Å². The van der Waals surface area contributed by atoms with Gasteiger partial charge in [0.1, 0.15) is 0 Å². The van der Waals surface area contributed by atoms with E-state index >= 15 is 0 Å². The lowest BCUT2D eigenvalue weighted by molar-refractivity contribution is 0.322. The molecule has 1 rings (SSSR count). The molecule has 1 aromatic carbocycles. The molecule has 108 valence electrons. The summed E-state index contributed by atoms with van der Waals surface area (Å²) >= 11 is 0. The molecule has 19 heavy (non-hydrogen) atoms. The summed E-state index contributed by atoms with van der Waals surface area (Å²) in [6, 6.07) is 2.59. The number of nitrogens with one attached hydrogen (secondary N) is 1. The van der Waals surface area contributed by atoms with Crippen LogP contribution in [0.2, 0.25) is 0 Å². The van der Waals surface area contributed by atoms with Crippen LogP contribution in [0.3, 0.4) is 0 Å². The fourth-order valence-electron chi connectivity index (χ4n) is 1.47. The van der Waals surface area contributed by atoms with Crippen LogP contribution in [0.5, 0.6) is 5.75 Å². The van der Waals surface area contributed by atoms with Gasteiger partial charge in [0, 0.05) is 24.4 Å². The zero-order chi connectivity index (χ0) is 14.5. The molecule has 0 bridgehead atoms. The van der Waals surface area contributed by atoms with Crippen molar-refractivity contribution in [3.63, 3.8) is 0 Å². The Labute approximate surface area is 112 Å². The standard InChI is InChI=1S/C12H19FN2O3S/c1-3-18-12-8-11(10(14)7-9(12)13)15-5-6-19(16,17)4-2/h7-8,15H,3-6,14H2,1-2H3. The quantitative estimate of drug-likeness (QED) is 0.746. The predicted molar refractivity (Wildman–Crippen MR) is 74.8 cm³/mol. The number of hydrogen-bond acceptors (Lipinski definition) is 5. The molecular formula is C12H19FN2O3S. The molecule has 0 spiro atoms. The van der Waals surface area contributed by atoms with Crippen molar-refractivity contribution < 1.29 is 17.5 Å². The fraction of sp³-hybridized carbons (Fsp3) is 0.500. The number of rotatable bonds is 7. The second-order valence-corrected chi connectivity index (χ2v) is 6.44. The minimum absolute atomic E-state index is 0.00425. The van der Waals surface area contributed by atoms with Crippen LogP contribution in [0.1, 0.15) is 13.8 Å². The Balaban J connectivity index is 2.75. The van der Waals surface area contributed by atoms with Gasteiger partial charge in [-0.05, 0) is 6.92 Å². The molecule has 3 N–H and O–H groups in total. The lowest BCUT2D eigenvalue weighted by Crippen LogP contribution is -2.17. The van der Waals surface area contributed by atoms with E-state index in [1.54, 1.807) is 13.8 Å². The zero-order valence-corrected chi connectivity index (χ0v) is 11.9. The number of benzene rings is 1. The van der Waals surface area contributed by atoms with E-state index in [1.165, 1.54) is 6.07 Å². The summed E-state index contributed by atoms with van der Waals surface area (Å²) in [6.45, 7) is 3.90. The number of hydrogen-bond donors (Lipinski definition) is 2. The zero-order valence-electron chi connectivity index (χ0n) is 11.1. The maximum atomic E-state index is 13.5. The maximum Gasteiger partial charge on any atom is 0.167 e. The highest BCUT2D eigenvalue weighted by Crippen LogP contribution is 2.28. The van der Waals surface area contributed by atoms with Gasteiger partial charge >= 0.3 is 0 Å². The molecule has 0 unspecified atom stereocenters. The Morgan fingerprint density at radius 3 is 2.63 bits per heavy atom. The lowest BCUT2D eigenvalue weighted by atomic mass is 10.2. The second kappa shape index (κ2) is 6.60. The van der Waals surface area contributed by atoms with Crippen molar-refractivity contribution in [2.24, 2.45) is 0 Å². The van der Waals surface area contributed by atoms with Crippen LogP contribution in [0.4, 0.5) is 15.8 Å². The summed E-state index contributed by atoms with van der Waals surface area (Å²) in [5.74, 6) is -0.342. The van der Waals surface area contributed by atoms with Gasteiger partial charge in [0.15, 0.2) is 21.4 Å². The summed E-state index contributed by atoms with van der Waals surface area (Å²) in [5.41, 5.74) is 6.35. The van der Waals surface area contributed by atoms with Crippen LogP contribution in [0, 0.1) is 5.82 Å². The van der Waals surface area contributed by atoms with Crippen molar-refractivity contribution in [2.75, 3.05) is 35.7 Å². The SMILES string of the molecule is CCOc1cc(NCCS(=O)(=O)CC)c(N)cc1F. The summed E-state index contributed by atoms with van der Waals surface area (Å²) in [7, 11) is -3.04. The minimum Gasteiger partial charge on any atom is -0.491 e. The van der Waals surface area contributed by atoms with Crippen molar-refractivity contribution in [3.8, 4) is 5.75 Å². The molecule has 0 saturated heterocycles. The average molecular weight is 290 g/mol. The number of sulfone groups is 1. The van der Waals surface area contributed by atoms with E-state index in [4.69, 9.17) is 10.5 Å². The van der Waals surface area contributed by atoms with E-state index in [0.29, 0.717) is 12.3 Å². The van der Waals surface area contributed by atoms with Gasteiger partial charge in [-0.1, -0.05) is 6.92 Å². The molecule has 0 saturated carbocycles. The molecule has 0 heterocycles. The molecule has 7 heteroatoms. The molecular weight excluding hydrogens is 271 g/mol. The van der Waals surface area contributed by atoms with Crippen LogP contribution in [0.15, 0.2) is 12.1 Å². The van der Waals surface area contributed by atoms with Crippen LogP contribution in [-0.4, -0.2) is 33.1 Å². The van der Waals surface area contributed by atoms with Crippen LogP contribution in [0.25, 0.3) is 0 Å². The lowest BCUT2D eigenvalue weighted by Gasteiger charge is -2.12. The fourth-order valence-corrected chi connectivity index (χ4v) is 2.18. The number of halogens is 1. The summed E-state index contributed by atoms with van der Waals surface area (Å²) in [4.78, 5) is 0. The first-order valence-electron chi connectivity index (χ1n) is 6.05. The molecule has 0 aliphatic carbocycles. The van der Waals surface area contributed by atoms with Gasteiger partial charge in [0.05, 0.1) is 23.7 Å². The molecule has 1 aromatic rings. The summed E-state index contributed by atoms with van der Waals surface area (Å²) < 4.78 is 41.3.